The maximum absolute atomic E-state index is 12.4. The number of sulfonamides is 1. The van der Waals surface area contributed by atoms with Gasteiger partial charge in [0.25, 0.3) is 10.0 Å². The molecule has 0 aliphatic heterocycles. The van der Waals surface area contributed by atoms with Crippen LogP contribution in [-0.2, 0) is 27.7 Å². The Morgan fingerprint density at radius 1 is 0.963 bits per heavy atom. The van der Waals surface area contributed by atoms with E-state index in [1.165, 1.54) is 36.4 Å². The van der Waals surface area contributed by atoms with Crippen LogP contribution in [-0.4, -0.2) is 27.0 Å². The number of aryl methyl sites for hydroxylation is 1. The zero-order valence-electron chi connectivity index (χ0n) is 14.5. The molecule has 0 saturated carbocycles. The number of halogens is 3. The molecule has 27 heavy (non-hydrogen) atoms. The lowest BCUT2D eigenvalue weighted by Gasteiger charge is -2.10. The van der Waals surface area contributed by atoms with Gasteiger partial charge in [0.05, 0.1) is 11.3 Å². The molecule has 9 heteroatoms. The summed E-state index contributed by atoms with van der Waals surface area (Å²) < 4.78 is 63.3. The minimum atomic E-state index is -4.47. The third-order valence-electron chi connectivity index (χ3n) is 3.70. The Morgan fingerprint density at radius 3 is 2.04 bits per heavy atom. The standard InChI is InChI=1S/C18H19F3N2O3S/c1-2-13-5-9-16(10-6-13)27(25,26)23-15-7-3-14(4-8-15)11-17(24)22-12-18(19,20)21/h3-10,23H,2,11-12H2,1H3,(H,22,24). The summed E-state index contributed by atoms with van der Waals surface area (Å²) in [6, 6.07) is 12.3. The number of carbonyl (C=O) groups is 1. The molecule has 2 rings (SSSR count). The highest BCUT2D eigenvalue weighted by molar-refractivity contribution is 7.92. The highest BCUT2D eigenvalue weighted by atomic mass is 32.2. The molecule has 146 valence electrons. The number of carbonyl (C=O) groups excluding carboxylic acids is 1. The van der Waals surface area contributed by atoms with Gasteiger partial charge in [-0.1, -0.05) is 31.2 Å². The molecule has 0 atom stereocenters. The van der Waals surface area contributed by atoms with Crippen molar-refractivity contribution in [1.29, 1.82) is 0 Å². The van der Waals surface area contributed by atoms with Crippen molar-refractivity contribution in [2.75, 3.05) is 11.3 Å². The van der Waals surface area contributed by atoms with Crippen LogP contribution in [0.3, 0.4) is 0 Å². The van der Waals surface area contributed by atoms with Gasteiger partial charge in [-0.15, -0.1) is 0 Å². The van der Waals surface area contributed by atoms with Gasteiger partial charge in [0.1, 0.15) is 6.54 Å². The van der Waals surface area contributed by atoms with Crippen LogP contribution in [0.1, 0.15) is 18.1 Å². The molecule has 0 saturated heterocycles. The molecule has 5 nitrogen and oxygen atoms in total. The maximum Gasteiger partial charge on any atom is 0.405 e. The fourth-order valence-electron chi connectivity index (χ4n) is 2.26. The first-order valence-electron chi connectivity index (χ1n) is 8.13. The molecular weight excluding hydrogens is 381 g/mol. The van der Waals surface area contributed by atoms with E-state index >= 15 is 0 Å². The van der Waals surface area contributed by atoms with E-state index in [0.29, 0.717) is 5.56 Å². The van der Waals surface area contributed by atoms with Gasteiger partial charge in [-0.05, 0) is 41.8 Å². The molecule has 0 aliphatic rings. The van der Waals surface area contributed by atoms with Gasteiger partial charge >= 0.3 is 6.18 Å². The van der Waals surface area contributed by atoms with Gasteiger partial charge in [0.2, 0.25) is 5.91 Å². The first-order valence-corrected chi connectivity index (χ1v) is 9.61. The van der Waals surface area contributed by atoms with E-state index < -0.39 is 28.7 Å². The van der Waals surface area contributed by atoms with Crippen molar-refractivity contribution in [3.8, 4) is 0 Å². The number of hydrogen-bond donors (Lipinski definition) is 2. The van der Waals surface area contributed by atoms with E-state index in [1.807, 2.05) is 6.92 Å². The molecule has 0 heterocycles. The predicted molar refractivity (Wildman–Crippen MR) is 95.8 cm³/mol. The fourth-order valence-corrected chi connectivity index (χ4v) is 3.31. The number of rotatable bonds is 7. The van der Waals surface area contributed by atoms with E-state index in [2.05, 4.69) is 4.72 Å². The fraction of sp³-hybridized carbons (Fsp3) is 0.278. The van der Waals surface area contributed by atoms with Crippen LogP contribution in [0.5, 0.6) is 0 Å². The Kier molecular flexibility index (Phi) is 6.48. The van der Waals surface area contributed by atoms with Gasteiger partial charge in [-0.2, -0.15) is 13.2 Å². The molecule has 1 amide bonds. The minimum Gasteiger partial charge on any atom is -0.347 e. The molecule has 2 aromatic carbocycles. The summed E-state index contributed by atoms with van der Waals surface area (Å²) in [7, 11) is -3.75. The average molecular weight is 400 g/mol. The maximum atomic E-state index is 12.4. The topological polar surface area (TPSA) is 75.3 Å². The Balaban J connectivity index is 1.99. The first-order chi connectivity index (χ1) is 12.6. The molecule has 0 aliphatic carbocycles. The summed E-state index contributed by atoms with van der Waals surface area (Å²) in [6.07, 6.45) is -3.90. The van der Waals surface area contributed by atoms with E-state index in [-0.39, 0.29) is 17.0 Å². The number of alkyl halides is 3. The average Bonchev–Trinajstić information content (AvgIpc) is 2.61. The molecule has 0 aromatic heterocycles. The van der Waals surface area contributed by atoms with Crippen molar-refractivity contribution in [2.45, 2.75) is 30.8 Å². The summed E-state index contributed by atoms with van der Waals surface area (Å²) in [5, 5.41) is 1.78. The highest BCUT2D eigenvalue weighted by Crippen LogP contribution is 2.18. The van der Waals surface area contributed by atoms with Crippen LogP contribution >= 0.6 is 0 Å². The van der Waals surface area contributed by atoms with Crippen LogP contribution in [0.2, 0.25) is 0 Å². The van der Waals surface area contributed by atoms with E-state index in [4.69, 9.17) is 0 Å². The molecule has 0 spiro atoms. The summed E-state index contributed by atoms with van der Waals surface area (Å²) in [4.78, 5) is 11.6. The summed E-state index contributed by atoms with van der Waals surface area (Å²) in [5.74, 6) is -0.767. The van der Waals surface area contributed by atoms with Gasteiger partial charge in [-0.25, -0.2) is 8.42 Å². The molecule has 2 aromatic rings. The van der Waals surface area contributed by atoms with Gasteiger partial charge in [0.15, 0.2) is 0 Å². The van der Waals surface area contributed by atoms with Crippen LogP contribution in [0.4, 0.5) is 18.9 Å². The number of anilines is 1. The Bertz CT molecular complexity index is 878. The Hall–Kier alpha value is -2.55. The van der Waals surface area contributed by atoms with Crippen LogP contribution in [0.15, 0.2) is 53.4 Å². The molecule has 0 bridgehead atoms. The number of amides is 1. The quantitative estimate of drug-likeness (QED) is 0.749. The zero-order valence-corrected chi connectivity index (χ0v) is 15.3. The predicted octanol–water partition coefficient (Wildman–Crippen LogP) is 3.27. The molecular formula is C18H19F3N2O3S. The van der Waals surface area contributed by atoms with Crippen molar-refractivity contribution in [3.05, 3.63) is 59.7 Å². The third kappa shape index (κ3) is 6.59. The first kappa shape index (κ1) is 20.8. The third-order valence-corrected chi connectivity index (χ3v) is 5.10. The SMILES string of the molecule is CCc1ccc(S(=O)(=O)Nc2ccc(CC(=O)NCC(F)(F)F)cc2)cc1. The number of nitrogens with one attached hydrogen (secondary N) is 2. The Morgan fingerprint density at radius 2 is 1.52 bits per heavy atom. The lowest BCUT2D eigenvalue weighted by Crippen LogP contribution is -2.34. The highest BCUT2D eigenvalue weighted by Gasteiger charge is 2.27. The van der Waals surface area contributed by atoms with E-state index in [0.717, 1.165) is 12.0 Å². The van der Waals surface area contributed by atoms with Crippen molar-refractivity contribution >= 4 is 21.6 Å². The van der Waals surface area contributed by atoms with E-state index in [9.17, 15) is 26.4 Å². The largest absolute Gasteiger partial charge is 0.405 e. The van der Waals surface area contributed by atoms with Crippen molar-refractivity contribution in [2.24, 2.45) is 0 Å². The summed E-state index contributed by atoms with van der Waals surface area (Å²) >= 11 is 0. The second-order valence-corrected chi connectivity index (χ2v) is 7.55. The molecule has 0 fully saturated rings. The minimum absolute atomic E-state index is 0.121. The number of hydrogen-bond acceptors (Lipinski definition) is 3. The smallest absolute Gasteiger partial charge is 0.347 e. The normalized spacial score (nSPS) is 11.9. The Labute approximate surface area is 155 Å². The molecule has 0 unspecified atom stereocenters. The van der Waals surface area contributed by atoms with E-state index in [1.54, 1.807) is 17.4 Å². The second-order valence-electron chi connectivity index (χ2n) is 5.87. The van der Waals surface area contributed by atoms with Crippen molar-refractivity contribution in [1.82, 2.24) is 5.32 Å². The molecule has 2 N–H and O–H groups in total. The van der Waals surface area contributed by atoms with Crippen molar-refractivity contribution in [3.63, 3.8) is 0 Å². The summed E-state index contributed by atoms with van der Waals surface area (Å²) in [6.45, 7) is 0.577. The van der Waals surface area contributed by atoms with Crippen LogP contribution in [0.25, 0.3) is 0 Å². The monoisotopic (exact) mass is 400 g/mol. The van der Waals surface area contributed by atoms with Gasteiger partial charge < -0.3 is 5.32 Å². The zero-order chi connectivity index (χ0) is 20.1. The lowest BCUT2D eigenvalue weighted by molar-refractivity contribution is -0.138. The lowest BCUT2D eigenvalue weighted by atomic mass is 10.1. The number of benzene rings is 2. The van der Waals surface area contributed by atoms with Gasteiger partial charge in [0, 0.05) is 5.69 Å². The molecule has 0 radical (unpaired) electrons. The van der Waals surface area contributed by atoms with Crippen LogP contribution < -0.4 is 10.0 Å². The van der Waals surface area contributed by atoms with Crippen molar-refractivity contribution < 1.29 is 26.4 Å². The second kappa shape index (κ2) is 8.43. The summed E-state index contributed by atoms with van der Waals surface area (Å²) in [5.41, 5.74) is 1.76. The van der Waals surface area contributed by atoms with Crippen LogP contribution in [0, 0.1) is 0 Å². The van der Waals surface area contributed by atoms with Gasteiger partial charge in [-0.3, -0.25) is 9.52 Å².